The highest BCUT2D eigenvalue weighted by Crippen LogP contribution is 2.29. The number of ether oxygens (including phenoxy) is 1. The number of phenols is 1. The Morgan fingerprint density at radius 1 is 1.21 bits per heavy atom. The molecule has 3 N–H and O–H groups in total. The SMILES string of the molecule is CC.Cc1[nH]c(C(=O)OC(C)C)c(C)c1-c1ccnc(Nc2cccc(O)c2)n1. The van der Waals surface area contributed by atoms with Crippen molar-refractivity contribution in [1.82, 2.24) is 15.0 Å². The van der Waals surface area contributed by atoms with E-state index in [0.29, 0.717) is 23.0 Å². The van der Waals surface area contributed by atoms with Crippen LogP contribution in [0.25, 0.3) is 11.3 Å². The molecule has 0 aliphatic heterocycles. The molecule has 0 spiro atoms. The maximum atomic E-state index is 12.3. The molecule has 2 heterocycles. The number of rotatable bonds is 5. The van der Waals surface area contributed by atoms with Gasteiger partial charge >= 0.3 is 5.97 Å². The number of phenolic OH excluding ortho intramolecular Hbond substituents is 1. The molecule has 3 rings (SSSR count). The van der Waals surface area contributed by atoms with Crippen molar-refractivity contribution in [2.45, 2.75) is 47.6 Å². The fraction of sp³-hybridized carbons (Fsp3) is 0.318. The van der Waals surface area contributed by atoms with Crippen molar-refractivity contribution in [2.24, 2.45) is 0 Å². The number of benzene rings is 1. The topological polar surface area (TPSA) is 100 Å². The third-order valence-electron chi connectivity index (χ3n) is 4.00. The van der Waals surface area contributed by atoms with E-state index in [9.17, 15) is 9.90 Å². The number of carbonyl (C=O) groups is 1. The van der Waals surface area contributed by atoms with Crippen LogP contribution in [0.4, 0.5) is 11.6 Å². The molecule has 0 saturated heterocycles. The van der Waals surface area contributed by atoms with E-state index < -0.39 is 0 Å². The van der Waals surface area contributed by atoms with Crippen molar-refractivity contribution in [3.8, 4) is 17.0 Å². The van der Waals surface area contributed by atoms with E-state index in [0.717, 1.165) is 16.8 Å². The number of carbonyl (C=O) groups excluding carboxylic acids is 1. The molecule has 0 radical (unpaired) electrons. The van der Waals surface area contributed by atoms with Crippen molar-refractivity contribution in [3.05, 3.63) is 53.5 Å². The van der Waals surface area contributed by atoms with Crippen LogP contribution in [-0.2, 0) is 4.74 Å². The lowest BCUT2D eigenvalue weighted by Gasteiger charge is -2.08. The van der Waals surface area contributed by atoms with Crippen LogP contribution in [0.15, 0.2) is 36.5 Å². The van der Waals surface area contributed by atoms with Gasteiger partial charge in [0.05, 0.1) is 11.8 Å². The number of anilines is 2. The smallest absolute Gasteiger partial charge is 0.355 e. The van der Waals surface area contributed by atoms with Gasteiger partial charge < -0.3 is 20.1 Å². The van der Waals surface area contributed by atoms with Gasteiger partial charge in [0, 0.05) is 29.2 Å². The molecule has 0 bridgehead atoms. The van der Waals surface area contributed by atoms with Crippen LogP contribution in [0.2, 0.25) is 0 Å². The molecule has 0 saturated carbocycles. The normalized spacial score (nSPS) is 10.3. The van der Waals surface area contributed by atoms with Crippen LogP contribution < -0.4 is 5.32 Å². The second kappa shape index (κ2) is 9.73. The van der Waals surface area contributed by atoms with Crippen molar-refractivity contribution < 1.29 is 14.6 Å². The minimum absolute atomic E-state index is 0.154. The lowest BCUT2D eigenvalue weighted by molar-refractivity contribution is 0.0370. The lowest BCUT2D eigenvalue weighted by Crippen LogP contribution is -2.13. The highest BCUT2D eigenvalue weighted by molar-refractivity contribution is 5.92. The van der Waals surface area contributed by atoms with E-state index in [1.807, 2.05) is 47.6 Å². The molecule has 7 nitrogen and oxygen atoms in total. The highest BCUT2D eigenvalue weighted by Gasteiger charge is 2.21. The third kappa shape index (κ3) is 5.34. The van der Waals surface area contributed by atoms with Gasteiger partial charge in [0.2, 0.25) is 5.95 Å². The van der Waals surface area contributed by atoms with Gasteiger partial charge in [0.25, 0.3) is 0 Å². The van der Waals surface area contributed by atoms with Gasteiger partial charge in [-0.25, -0.2) is 14.8 Å². The van der Waals surface area contributed by atoms with Crippen molar-refractivity contribution >= 4 is 17.6 Å². The summed E-state index contributed by atoms with van der Waals surface area (Å²) in [6.45, 7) is 11.4. The van der Waals surface area contributed by atoms with Gasteiger partial charge in [-0.1, -0.05) is 19.9 Å². The summed E-state index contributed by atoms with van der Waals surface area (Å²) in [5.41, 5.74) is 4.23. The molecule has 0 aliphatic carbocycles. The summed E-state index contributed by atoms with van der Waals surface area (Å²) in [5.74, 6) is 0.162. The largest absolute Gasteiger partial charge is 0.508 e. The minimum atomic E-state index is -0.385. The molecule has 154 valence electrons. The predicted octanol–water partition coefficient (Wildman–Crippen LogP) is 5.13. The number of esters is 1. The van der Waals surface area contributed by atoms with Crippen LogP contribution >= 0.6 is 0 Å². The van der Waals surface area contributed by atoms with Gasteiger partial charge in [-0.2, -0.15) is 0 Å². The van der Waals surface area contributed by atoms with Gasteiger partial charge in [0.15, 0.2) is 0 Å². The first-order valence-electron chi connectivity index (χ1n) is 9.64. The number of nitrogens with zero attached hydrogens (tertiary/aromatic N) is 2. The first-order chi connectivity index (χ1) is 13.8. The fourth-order valence-electron chi connectivity index (χ4n) is 2.88. The Labute approximate surface area is 171 Å². The van der Waals surface area contributed by atoms with Crippen LogP contribution in [-0.4, -0.2) is 32.1 Å². The van der Waals surface area contributed by atoms with Crippen LogP contribution in [0, 0.1) is 13.8 Å². The standard InChI is InChI=1S/C20H22N4O3.C2H6/c1-11(2)27-19(26)18-12(3)17(13(4)22-18)16-8-9-21-20(24-16)23-14-6-5-7-15(25)10-14;1-2/h5-11,22,25H,1-4H3,(H,21,23,24);1-2H3. The Balaban J connectivity index is 0.00000145. The maximum Gasteiger partial charge on any atom is 0.355 e. The molecular weight excluding hydrogens is 368 g/mol. The van der Waals surface area contributed by atoms with E-state index in [1.54, 1.807) is 30.5 Å². The summed E-state index contributed by atoms with van der Waals surface area (Å²) in [6.07, 6.45) is 1.45. The molecule has 0 atom stereocenters. The number of hydrogen-bond donors (Lipinski definition) is 3. The van der Waals surface area contributed by atoms with Crippen molar-refractivity contribution in [2.75, 3.05) is 5.32 Å². The zero-order valence-corrected chi connectivity index (χ0v) is 17.7. The molecule has 0 aliphatic rings. The summed E-state index contributed by atoms with van der Waals surface area (Å²) in [7, 11) is 0. The molecule has 7 heteroatoms. The Kier molecular flexibility index (Phi) is 7.36. The molecule has 3 aromatic rings. The highest BCUT2D eigenvalue weighted by atomic mass is 16.5. The van der Waals surface area contributed by atoms with E-state index >= 15 is 0 Å². The molecule has 2 aromatic heterocycles. The lowest BCUT2D eigenvalue weighted by atomic mass is 10.1. The maximum absolute atomic E-state index is 12.3. The summed E-state index contributed by atoms with van der Waals surface area (Å²) in [4.78, 5) is 24.2. The summed E-state index contributed by atoms with van der Waals surface area (Å²) in [5, 5.41) is 12.7. The zero-order valence-electron chi connectivity index (χ0n) is 17.7. The van der Waals surface area contributed by atoms with Crippen molar-refractivity contribution in [1.29, 1.82) is 0 Å². The number of aryl methyl sites for hydroxylation is 1. The molecule has 0 unspecified atom stereocenters. The van der Waals surface area contributed by atoms with Gasteiger partial charge in [0.1, 0.15) is 11.4 Å². The summed E-state index contributed by atoms with van der Waals surface area (Å²) >= 11 is 0. The van der Waals surface area contributed by atoms with E-state index in [4.69, 9.17) is 4.74 Å². The number of aromatic amines is 1. The third-order valence-corrected chi connectivity index (χ3v) is 4.00. The Morgan fingerprint density at radius 3 is 2.59 bits per heavy atom. The number of H-pyrrole nitrogens is 1. The van der Waals surface area contributed by atoms with Gasteiger partial charge in [-0.15, -0.1) is 0 Å². The number of hydrogen-bond acceptors (Lipinski definition) is 6. The van der Waals surface area contributed by atoms with Gasteiger partial charge in [-0.05, 0) is 51.5 Å². The molecule has 0 amide bonds. The van der Waals surface area contributed by atoms with E-state index in [2.05, 4.69) is 20.3 Å². The quantitative estimate of drug-likeness (QED) is 0.517. The predicted molar refractivity (Wildman–Crippen MR) is 115 cm³/mol. The molecule has 1 aromatic carbocycles. The van der Waals surface area contributed by atoms with Crippen LogP contribution in [0.1, 0.15) is 49.4 Å². The Morgan fingerprint density at radius 2 is 1.93 bits per heavy atom. The van der Waals surface area contributed by atoms with E-state index in [1.165, 1.54) is 0 Å². The zero-order chi connectivity index (χ0) is 21.6. The van der Waals surface area contributed by atoms with E-state index in [-0.39, 0.29) is 17.8 Å². The van der Waals surface area contributed by atoms with Crippen LogP contribution in [0.5, 0.6) is 5.75 Å². The first kappa shape index (κ1) is 21.9. The average Bonchev–Trinajstić information content (AvgIpc) is 2.97. The Hall–Kier alpha value is -3.35. The first-order valence-corrected chi connectivity index (χ1v) is 9.64. The molecular formula is C22H28N4O3. The summed E-state index contributed by atoms with van der Waals surface area (Å²) in [6, 6.07) is 8.50. The van der Waals surface area contributed by atoms with Crippen molar-refractivity contribution in [3.63, 3.8) is 0 Å². The minimum Gasteiger partial charge on any atom is -0.508 e. The second-order valence-electron chi connectivity index (χ2n) is 6.52. The monoisotopic (exact) mass is 396 g/mol. The number of aromatic nitrogens is 3. The summed E-state index contributed by atoms with van der Waals surface area (Å²) < 4.78 is 5.30. The van der Waals surface area contributed by atoms with Gasteiger partial charge in [-0.3, -0.25) is 0 Å². The number of nitrogens with one attached hydrogen (secondary N) is 2. The second-order valence-corrected chi connectivity index (χ2v) is 6.52. The fourth-order valence-corrected chi connectivity index (χ4v) is 2.88. The average molecular weight is 396 g/mol. The van der Waals surface area contributed by atoms with Crippen LogP contribution in [0.3, 0.4) is 0 Å². The number of aromatic hydroxyl groups is 1. The molecule has 29 heavy (non-hydrogen) atoms. The molecule has 0 fully saturated rings. The Bertz CT molecular complexity index is 980.